The number of amides is 2. The van der Waals surface area contributed by atoms with Gasteiger partial charge in [0.2, 0.25) is 0 Å². The molecule has 0 saturated heterocycles. The van der Waals surface area contributed by atoms with Crippen LogP contribution in [0.1, 0.15) is 33.3 Å². The van der Waals surface area contributed by atoms with E-state index in [2.05, 4.69) is 20.8 Å². The first-order chi connectivity index (χ1) is 15.4. The van der Waals surface area contributed by atoms with Crippen LogP contribution in [0.2, 0.25) is 0 Å². The summed E-state index contributed by atoms with van der Waals surface area (Å²) in [6, 6.07) is 15.5. The van der Waals surface area contributed by atoms with Gasteiger partial charge in [-0.15, -0.1) is 0 Å². The molecule has 3 rings (SSSR count). The smallest absolute Gasteiger partial charge is 0.434 e. The van der Waals surface area contributed by atoms with E-state index in [-0.39, 0.29) is 30.5 Å². The van der Waals surface area contributed by atoms with Gasteiger partial charge in [0, 0.05) is 23.9 Å². The molecule has 0 spiro atoms. The molecule has 0 fully saturated rings. The molecular weight excluding hydrogens is 416 g/mol. The van der Waals surface area contributed by atoms with Crippen LogP contribution in [0.3, 0.4) is 0 Å². The molecule has 2 amide bonds. The van der Waals surface area contributed by atoms with Gasteiger partial charge in [-0.1, -0.05) is 12.1 Å². The molecule has 164 valence electrons. The van der Waals surface area contributed by atoms with Gasteiger partial charge in [-0.3, -0.25) is 14.4 Å². The van der Waals surface area contributed by atoms with Crippen molar-refractivity contribution < 1.29 is 23.9 Å². The maximum atomic E-state index is 12.4. The highest BCUT2D eigenvalue weighted by molar-refractivity contribution is 6.02. The number of nitrogens with zero attached hydrogens (tertiary/aromatic N) is 1. The highest BCUT2D eigenvalue weighted by Crippen LogP contribution is 2.14. The minimum atomic E-state index is -0.812. The van der Waals surface area contributed by atoms with Crippen molar-refractivity contribution in [3.8, 4) is 5.75 Å². The van der Waals surface area contributed by atoms with E-state index in [0.29, 0.717) is 11.3 Å². The summed E-state index contributed by atoms with van der Waals surface area (Å²) in [6.45, 7) is 2.09. The monoisotopic (exact) mass is 436 g/mol. The average Bonchev–Trinajstić information content (AvgIpc) is 2.79. The van der Waals surface area contributed by atoms with Gasteiger partial charge in [-0.05, 0) is 55.0 Å². The third-order valence-corrected chi connectivity index (χ3v) is 4.13. The van der Waals surface area contributed by atoms with Crippen LogP contribution < -0.4 is 20.9 Å². The summed E-state index contributed by atoms with van der Waals surface area (Å²) in [6.07, 6.45) is -0.812. The molecule has 3 N–H and O–H groups in total. The summed E-state index contributed by atoms with van der Waals surface area (Å²) in [5.74, 6) is -0.535. The maximum Gasteiger partial charge on any atom is 0.513 e. The van der Waals surface area contributed by atoms with E-state index in [4.69, 9.17) is 9.47 Å². The van der Waals surface area contributed by atoms with Crippen LogP contribution in [0, 0.1) is 0 Å². The van der Waals surface area contributed by atoms with Crippen molar-refractivity contribution in [2.75, 3.05) is 11.9 Å². The summed E-state index contributed by atoms with van der Waals surface area (Å²) >= 11 is 0. The lowest BCUT2D eigenvalue weighted by molar-refractivity contribution is 0.0949. The molecule has 32 heavy (non-hydrogen) atoms. The Labute approximate surface area is 182 Å². The highest BCUT2D eigenvalue weighted by Gasteiger charge is 2.10. The van der Waals surface area contributed by atoms with Gasteiger partial charge in [-0.2, -0.15) is 5.10 Å². The standard InChI is InChI=1S/C22H20N4O6/c1-2-31-22(30)32-17-8-6-15(7-9-17)20(28)23-13-14-4-3-5-16(12-14)24-21(29)18-10-11-19(27)26-25-18/h3-12H,2,13H2,1H3,(H,23,28)(H,24,29)(H,26,27). The lowest BCUT2D eigenvalue weighted by Gasteiger charge is -2.09. The van der Waals surface area contributed by atoms with Crippen LogP contribution >= 0.6 is 0 Å². The third kappa shape index (κ3) is 6.26. The zero-order chi connectivity index (χ0) is 22.9. The number of benzene rings is 2. The Balaban J connectivity index is 1.55. The first-order valence-electron chi connectivity index (χ1n) is 9.63. The Morgan fingerprint density at radius 1 is 1.00 bits per heavy atom. The zero-order valence-electron chi connectivity index (χ0n) is 17.1. The number of anilines is 1. The van der Waals surface area contributed by atoms with E-state index < -0.39 is 17.6 Å². The van der Waals surface area contributed by atoms with E-state index >= 15 is 0 Å². The van der Waals surface area contributed by atoms with Gasteiger partial charge in [0.05, 0.1) is 6.61 Å². The predicted molar refractivity (Wildman–Crippen MR) is 115 cm³/mol. The normalized spacial score (nSPS) is 10.2. The number of aromatic nitrogens is 2. The molecule has 1 aromatic heterocycles. The Morgan fingerprint density at radius 2 is 1.78 bits per heavy atom. The fourth-order valence-corrected chi connectivity index (χ4v) is 2.63. The number of aromatic amines is 1. The van der Waals surface area contributed by atoms with Crippen LogP contribution in [0.5, 0.6) is 5.75 Å². The Morgan fingerprint density at radius 3 is 2.47 bits per heavy atom. The first kappa shape index (κ1) is 22.2. The Kier molecular flexibility index (Phi) is 7.31. The van der Waals surface area contributed by atoms with E-state index in [0.717, 1.165) is 5.56 Å². The molecule has 3 aromatic rings. The van der Waals surface area contributed by atoms with Gasteiger partial charge in [0.15, 0.2) is 0 Å². The Bertz CT molecular complexity index is 1150. The van der Waals surface area contributed by atoms with Crippen molar-refractivity contribution in [1.82, 2.24) is 15.5 Å². The second-order valence-corrected chi connectivity index (χ2v) is 6.45. The summed E-state index contributed by atoms with van der Waals surface area (Å²) in [4.78, 5) is 47.0. The second kappa shape index (κ2) is 10.5. The van der Waals surface area contributed by atoms with Gasteiger partial charge >= 0.3 is 6.16 Å². The predicted octanol–water partition coefficient (Wildman–Crippen LogP) is 2.49. The molecule has 2 aromatic carbocycles. The van der Waals surface area contributed by atoms with E-state index in [1.165, 1.54) is 36.4 Å². The summed E-state index contributed by atoms with van der Waals surface area (Å²) in [7, 11) is 0. The summed E-state index contributed by atoms with van der Waals surface area (Å²) in [5, 5.41) is 11.3. The van der Waals surface area contributed by atoms with Crippen LogP contribution in [-0.4, -0.2) is 34.8 Å². The number of carbonyl (C=O) groups excluding carboxylic acids is 3. The van der Waals surface area contributed by atoms with Gasteiger partial charge in [0.1, 0.15) is 11.4 Å². The van der Waals surface area contributed by atoms with Crippen molar-refractivity contribution >= 4 is 23.7 Å². The molecule has 0 aliphatic rings. The van der Waals surface area contributed by atoms with Gasteiger partial charge < -0.3 is 20.1 Å². The minimum Gasteiger partial charge on any atom is -0.434 e. The summed E-state index contributed by atoms with van der Waals surface area (Å²) < 4.78 is 9.64. The van der Waals surface area contributed by atoms with Crippen LogP contribution in [-0.2, 0) is 11.3 Å². The molecule has 10 nitrogen and oxygen atoms in total. The number of hydrogen-bond acceptors (Lipinski definition) is 7. The lowest BCUT2D eigenvalue weighted by atomic mass is 10.1. The minimum absolute atomic E-state index is 0.0682. The molecule has 10 heteroatoms. The molecule has 0 atom stereocenters. The average molecular weight is 436 g/mol. The Hall–Kier alpha value is -4.47. The number of ether oxygens (including phenoxy) is 2. The van der Waals surface area contributed by atoms with Crippen molar-refractivity contribution in [3.05, 3.63) is 87.8 Å². The fourth-order valence-electron chi connectivity index (χ4n) is 2.63. The van der Waals surface area contributed by atoms with Crippen molar-refractivity contribution in [1.29, 1.82) is 0 Å². The molecule has 0 aliphatic heterocycles. The van der Waals surface area contributed by atoms with Crippen molar-refractivity contribution in [2.24, 2.45) is 0 Å². The van der Waals surface area contributed by atoms with Crippen LogP contribution in [0.25, 0.3) is 0 Å². The number of hydrogen-bond donors (Lipinski definition) is 3. The van der Waals surface area contributed by atoms with E-state index in [9.17, 15) is 19.2 Å². The summed E-state index contributed by atoms with van der Waals surface area (Å²) in [5.41, 5.74) is 1.32. The highest BCUT2D eigenvalue weighted by atomic mass is 16.7. The molecule has 0 aliphatic carbocycles. The van der Waals surface area contributed by atoms with E-state index in [1.807, 2.05) is 0 Å². The molecule has 0 bridgehead atoms. The number of nitrogens with one attached hydrogen (secondary N) is 3. The van der Waals surface area contributed by atoms with Crippen LogP contribution in [0.15, 0.2) is 65.5 Å². The molecule has 0 saturated carbocycles. The molecular formula is C22H20N4O6. The maximum absolute atomic E-state index is 12.4. The topological polar surface area (TPSA) is 139 Å². The zero-order valence-corrected chi connectivity index (χ0v) is 17.1. The molecule has 1 heterocycles. The molecule has 0 radical (unpaired) electrons. The number of rotatable bonds is 7. The molecule has 0 unspecified atom stereocenters. The van der Waals surface area contributed by atoms with Crippen LogP contribution in [0.4, 0.5) is 10.5 Å². The van der Waals surface area contributed by atoms with Crippen molar-refractivity contribution in [3.63, 3.8) is 0 Å². The fraction of sp³-hybridized carbons (Fsp3) is 0.136. The number of carbonyl (C=O) groups is 3. The lowest BCUT2D eigenvalue weighted by Crippen LogP contribution is -2.23. The second-order valence-electron chi connectivity index (χ2n) is 6.45. The number of H-pyrrole nitrogens is 1. The first-order valence-corrected chi connectivity index (χ1v) is 9.63. The van der Waals surface area contributed by atoms with Gasteiger partial charge in [0.25, 0.3) is 17.4 Å². The largest absolute Gasteiger partial charge is 0.513 e. The van der Waals surface area contributed by atoms with E-state index in [1.54, 1.807) is 31.2 Å². The SMILES string of the molecule is CCOC(=O)Oc1ccc(C(=O)NCc2cccc(NC(=O)c3ccc(=O)[nH]n3)c2)cc1. The van der Waals surface area contributed by atoms with Gasteiger partial charge in [-0.25, -0.2) is 9.89 Å². The third-order valence-electron chi connectivity index (χ3n) is 4.13. The van der Waals surface area contributed by atoms with Crippen molar-refractivity contribution in [2.45, 2.75) is 13.5 Å². The quantitative estimate of drug-likeness (QED) is 0.382.